The van der Waals surface area contributed by atoms with Crippen molar-refractivity contribution in [1.29, 1.82) is 0 Å². The molecule has 2 atom stereocenters. The number of carbonyl (C=O) groups excluding carboxylic acids is 1. The maximum absolute atomic E-state index is 12.3. The molecule has 0 saturated heterocycles. The van der Waals surface area contributed by atoms with Crippen LogP contribution < -0.4 is 10.7 Å². The highest BCUT2D eigenvalue weighted by Gasteiger charge is 2.25. The zero-order valence-corrected chi connectivity index (χ0v) is 16.3. The Balaban J connectivity index is 2.01. The maximum atomic E-state index is 12.3. The summed E-state index contributed by atoms with van der Waals surface area (Å²) in [4.78, 5) is 23.2. The van der Waals surface area contributed by atoms with Gasteiger partial charge in [-0.3, -0.25) is 5.43 Å². The lowest BCUT2D eigenvalue weighted by Gasteiger charge is -2.28. The van der Waals surface area contributed by atoms with Crippen LogP contribution >= 0.6 is 0 Å². The Morgan fingerprint density at radius 2 is 1.62 bits per heavy atom. The SMILES string of the molecule is CCN(C[C@@H](O)[C@H](Cc1ccccc1)NC(=O)OCc1ccccc1)NC(=O)O. The molecule has 0 fully saturated rings. The first kappa shape index (κ1) is 22.2. The van der Waals surface area contributed by atoms with Gasteiger partial charge >= 0.3 is 12.2 Å². The minimum atomic E-state index is -1.21. The number of amides is 2. The van der Waals surface area contributed by atoms with Gasteiger partial charge in [-0.1, -0.05) is 67.6 Å². The largest absolute Gasteiger partial charge is 0.464 e. The Kier molecular flexibility index (Phi) is 8.94. The molecule has 4 N–H and O–H groups in total. The summed E-state index contributed by atoms with van der Waals surface area (Å²) in [7, 11) is 0. The number of benzene rings is 2. The Morgan fingerprint density at radius 3 is 2.17 bits per heavy atom. The van der Waals surface area contributed by atoms with Gasteiger partial charge in [0.05, 0.1) is 12.1 Å². The molecule has 0 heterocycles. The molecular weight excluding hydrogens is 374 g/mol. The maximum Gasteiger partial charge on any atom is 0.419 e. The quantitative estimate of drug-likeness (QED) is 0.455. The summed E-state index contributed by atoms with van der Waals surface area (Å²) in [5.74, 6) is 0. The van der Waals surface area contributed by atoms with E-state index in [2.05, 4.69) is 10.7 Å². The number of likely N-dealkylation sites (N-methyl/N-ethyl adjacent to an activating group) is 1. The third-order valence-corrected chi connectivity index (χ3v) is 4.32. The number of alkyl carbamates (subject to hydrolysis) is 1. The van der Waals surface area contributed by atoms with Crippen LogP contribution in [0.3, 0.4) is 0 Å². The molecule has 2 aromatic rings. The predicted molar refractivity (Wildman–Crippen MR) is 108 cm³/mol. The van der Waals surface area contributed by atoms with E-state index in [-0.39, 0.29) is 13.2 Å². The third kappa shape index (κ3) is 8.20. The van der Waals surface area contributed by atoms with E-state index in [1.165, 1.54) is 5.01 Å². The summed E-state index contributed by atoms with van der Waals surface area (Å²) >= 11 is 0. The van der Waals surface area contributed by atoms with Crippen LogP contribution in [0.2, 0.25) is 0 Å². The fourth-order valence-corrected chi connectivity index (χ4v) is 2.81. The fraction of sp³-hybridized carbons (Fsp3) is 0.333. The van der Waals surface area contributed by atoms with Crippen molar-refractivity contribution in [3.05, 3.63) is 71.8 Å². The van der Waals surface area contributed by atoms with Crippen LogP contribution in [0.4, 0.5) is 9.59 Å². The van der Waals surface area contributed by atoms with Crippen molar-refractivity contribution in [2.24, 2.45) is 0 Å². The predicted octanol–water partition coefficient (Wildman–Crippen LogP) is 2.39. The lowest BCUT2D eigenvalue weighted by molar-refractivity contribution is 0.0537. The smallest absolute Gasteiger partial charge is 0.419 e. The number of hydrogen-bond donors (Lipinski definition) is 4. The van der Waals surface area contributed by atoms with Gasteiger partial charge in [0.2, 0.25) is 0 Å². The molecule has 0 aliphatic carbocycles. The average Bonchev–Trinajstić information content (AvgIpc) is 2.72. The monoisotopic (exact) mass is 401 g/mol. The number of carbonyl (C=O) groups is 2. The van der Waals surface area contributed by atoms with Crippen molar-refractivity contribution in [2.75, 3.05) is 13.1 Å². The van der Waals surface area contributed by atoms with Crippen LogP contribution in [0, 0.1) is 0 Å². The lowest BCUT2D eigenvalue weighted by atomic mass is 10.0. The number of aliphatic hydroxyl groups excluding tert-OH is 1. The van der Waals surface area contributed by atoms with Gasteiger partial charge in [-0.25, -0.2) is 14.6 Å². The minimum absolute atomic E-state index is 0.0132. The van der Waals surface area contributed by atoms with Crippen molar-refractivity contribution in [3.8, 4) is 0 Å². The molecule has 2 rings (SSSR count). The van der Waals surface area contributed by atoms with Crippen molar-refractivity contribution < 1.29 is 24.5 Å². The highest BCUT2D eigenvalue weighted by atomic mass is 16.5. The van der Waals surface area contributed by atoms with E-state index in [9.17, 15) is 14.7 Å². The van der Waals surface area contributed by atoms with Crippen LogP contribution in [-0.4, -0.2) is 52.6 Å². The Morgan fingerprint density at radius 1 is 1.03 bits per heavy atom. The number of rotatable bonds is 10. The molecule has 0 aromatic heterocycles. The highest BCUT2D eigenvalue weighted by molar-refractivity contribution is 5.67. The second kappa shape index (κ2) is 11.7. The van der Waals surface area contributed by atoms with Gasteiger partial charge in [0.25, 0.3) is 0 Å². The number of carboxylic acid groups (broad SMARTS) is 1. The van der Waals surface area contributed by atoms with E-state index in [1.54, 1.807) is 6.92 Å². The Labute approximate surface area is 170 Å². The molecule has 156 valence electrons. The summed E-state index contributed by atoms with van der Waals surface area (Å²) in [6.07, 6.45) is -2.52. The molecule has 0 aliphatic heterocycles. The van der Waals surface area contributed by atoms with E-state index < -0.39 is 24.3 Å². The van der Waals surface area contributed by atoms with Gasteiger partial charge in [0.15, 0.2) is 0 Å². The first-order valence-electron chi connectivity index (χ1n) is 9.41. The second-order valence-corrected chi connectivity index (χ2v) is 6.53. The summed E-state index contributed by atoms with van der Waals surface area (Å²) in [5.41, 5.74) is 4.00. The highest BCUT2D eigenvalue weighted by Crippen LogP contribution is 2.09. The van der Waals surface area contributed by atoms with E-state index in [4.69, 9.17) is 9.84 Å². The van der Waals surface area contributed by atoms with Crippen LogP contribution in [0.15, 0.2) is 60.7 Å². The number of hydrogen-bond acceptors (Lipinski definition) is 5. The molecule has 2 amide bonds. The number of nitrogens with zero attached hydrogens (tertiary/aromatic N) is 1. The van der Waals surface area contributed by atoms with Gasteiger partial charge in [0.1, 0.15) is 6.61 Å². The first-order chi connectivity index (χ1) is 14.0. The molecule has 0 bridgehead atoms. The van der Waals surface area contributed by atoms with Crippen molar-refractivity contribution in [1.82, 2.24) is 15.8 Å². The van der Waals surface area contributed by atoms with E-state index >= 15 is 0 Å². The summed E-state index contributed by atoms with van der Waals surface area (Å²) in [6, 6.07) is 18.0. The van der Waals surface area contributed by atoms with Gasteiger partial charge in [-0.2, -0.15) is 0 Å². The molecule has 2 aromatic carbocycles. The topological polar surface area (TPSA) is 111 Å². The molecule has 0 unspecified atom stereocenters. The van der Waals surface area contributed by atoms with E-state index in [1.807, 2.05) is 60.7 Å². The normalized spacial score (nSPS) is 12.8. The van der Waals surface area contributed by atoms with Crippen LogP contribution in [0.5, 0.6) is 0 Å². The van der Waals surface area contributed by atoms with Crippen LogP contribution in [0.25, 0.3) is 0 Å². The molecule has 29 heavy (non-hydrogen) atoms. The molecule has 8 nitrogen and oxygen atoms in total. The fourth-order valence-electron chi connectivity index (χ4n) is 2.81. The molecule has 0 spiro atoms. The number of nitrogens with one attached hydrogen (secondary N) is 2. The molecule has 0 radical (unpaired) electrons. The second-order valence-electron chi connectivity index (χ2n) is 6.53. The van der Waals surface area contributed by atoms with E-state index in [0.29, 0.717) is 13.0 Å². The van der Waals surface area contributed by atoms with Gasteiger partial charge in [0, 0.05) is 13.1 Å². The van der Waals surface area contributed by atoms with Gasteiger partial charge in [-0.05, 0) is 17.5 Å². The summed E-state index contributed by atoms with van der Waals surface area (Å²) in [6.45, 7) is 2.25. The number of hydrazine groups is 1. The summed E-state index contributed by atoms with van der Waals surface area (Å²) in [5, 5.41) is 23.6. The third-order valence-electron chi connectivity index (χ3n) is 4.32. The molecule has 0 saturated carbocycles. The lowest BCUT2D eigenvalue weighted by Crippen LogP contribution is -2.53. The molecule has 8 heteroatoms. The summed E-state index contributed by atoms with van der Waals surface area (Å²) < 4.78 is 5.26. The average molecular weight is 401 g/mol. The van der Waals surface area contributed by atoms with Crippen LogP contribution in [-0.2, 0) is 17.8 Å². The van der Waals surface area contributed by atoms with Crippen LogP contribution in [0.1, 0.15) is 18.1 Å². The zero-order valence-electron chi connectivity index (χ0n) is 16.3. The number of ether oxygens (including phenoxy) is 1. The molecule has 0 aliphatic rings. The Hall–Kier alpha value is -3.10. The van der Waals surface area contributed by atoms with E-state index in [0.717, 1.165) is 11.1 Å². The Bertz CT molecular complexity index is 757. The standard InChI is InChI=1S/C21H27N3O5/c1-2-24(23-20(26)27)14-19(25)18(13-16-9-5-3-6-10-16)22-21(28)29-15-17-11-7-4-8-12-17/h3-12,18-19,23,25H,2,13-15H2,1H3,(H,22,28)(H,26,27)/t18-,19+/m0/s1. The number of aliphatic hydroxyl groups is 1. The first-order valence-corrected chi connectivity index (χ1v) is 9.41. The van der Waals surface area contributed by atoms with Gasteiger partial charge < -0.3 is 20.3 Å². The van der Waals surface area contributed by atoms with Gasteiger partial charge in [-0.15, -0.1) is 0 Å². The zero-order chi connectivity index (χ0) is 21.1. The van der Waals surface area contributed by atoms with Crippen molar-refractivity contribution in [3.63, 3.8) is 0 Å². The van der Waals surface area contributed by atoms with Crippen molar-refractivity contribution >= 4 is 12.2 Å². The minimum Gasteiger partial charge on any atom is -0.464 e. The van der Waals surface area contributed by atoms with Crippen molar-refractivity contribution in [2.45, 2.75) is 32.1 Å². The molecular formula is C21H27N3O5.